The van der Waals surface area contributed by atoms with Crippen molar-refractivity contribution in [2.75, 3.05) is 12.8 Å². The van der Waals surface area contributed by atoms with Crippen LogP contribution in [0.25, 0.3) is 22.6 Å². The first-order chi connectivity index (χ1) is 9.22. The van der Waals surface area contributed by atoms with Gasteiger partial charge in [0.2, 0.25) is 0 Å². The van der Waals surface area contributed by atoms with Gasteiger partial charge < -0.3 is 15.0 Å². The number of imidazole rings is 1. The van der Waals surface area contributed by atoms with E-state index in [1.165, 1.54) is 11.3 Å². The first kappa shape index (κ1) is 12.0. The third-order valence-electron chi connectivity index (χ3n) is 3.02. The second-order valence-electron chi connectivity index (χ2n) is 4.11. The SMILES string of the molecule is CCn1c(-c2csc(N)n2)nc2cc(OC)ccc21. The molecule has 0 aliphatic heterocycles. The standard InChI is InChI=1S/C13H14N4OS/c1-3-17-11-5-4-8(18-2)6-9(11)15-12(17)10-7-19-13(14)16-10/h4-7H,3H2,1-2H3,(H2,14,16). The molecule has 1 aromatic carbocycles. The van der Waals surface area contributed by atoms with Gasteiger partial charge in [0.1, 0.15) is 11.4 Å². The van der Waals surface area contributed by atoms with Crippen LogP contribution in [0.15, 0.2) is 23.6 Å². The summed E-state index contributed by atoms with van der Waals surface area (Å²) < 4.78 is 7.36. The van der Waals surface area contributed by atoms with Crippen LogP contribution in [0.5, 0.6) is 5.75 Å². The predicted molar refractivity (Wildman–Crippen MR) is 77.5 cm³/mol. The number of rotatable bonds is 3. The van der Waals surface area contributed by atoms with Gasteiger partial charge in [-0.2, -0.15) is 0 Å². The number of hydrogen-bond acceptors (Lipinski definition) is 5. The highest BCUT2D eigenvalue weighted by Gasteiger charge is 2.14. The summed E-state index contributed by atoms with van der Waals surface area (Å²) in [5, 5.41) is 2.49. The minimum absolute atomic E-state index is 0.558. The van der Waals surface area contributed by atoms with Crippen LogP contribution in [0.3, 0.4) is 0 Å². The average Bonchev–Trinajstić information content (AvgIpc) is 3.00. The fraction of sp³-hybridized carbons (Fsp3) is 0.231. The molecule has 0 amide bonds. The summed E-state index contributed by atoms with van der Waals surface area (Å²) in [5.74, 6) is 1.65. The van der Waals surface area contributed by atoms with Gasteiger partial charge in [0.05, 0.1) is 18.1 Å². The highest BCUT2D eigenvalue weighted by molar-refractivity contribution is 7.13. The molecule has 0 aliphatic carbocycles. The number of nitrogens with zero attached hydrogens (tertiary/aromatic N) is 3. The van der Waals surface area contributed by atoms with E-state index in [1.54, 1.807) is 7.11 Å². The van der Waals surface area contributed by atoms with E-state index >= 15 is 0 Å². The van der Waals surface area contributed by atoms with Gasteiger partial charge in [-0.15, -0.1) is 11.3 Å². The molecule has 98 valence electrons. The summed E-state index contributed by atoms with van der Waals surface area (Å²) in [5.41, 5.74) is 8.50. The lowest BCUT2D eigenvalue weighted by Crippen LogP contribution is -1.97. The molecule has 0 saturated carbocycles. The Morgan fingerprint density at radius 2 is 2.21 bits per heavy atom. The van der Waals surface area contributed by atoms with Crippen molar-refractivity contribution in [1.29, 1.82) is 0 Å². The molecule has 0 fully saturated rings. The van der Waals surface area contributed by atoms with Crippen LogP contribution < -0.4 is 10.5 Å². The first-order valence-corrected chi connectivity index (χ1v) is 6.86. The molecule has 0 unspecified atom stereocenters. The topological polar surface area (TPSA) is 66.0 Å². The quantitative estimate of drug-likeness (QED) is 0.797. The lowest BCUT2D eigenvalue weighted by Gasteiger charge is -2.04. The summed E-state index contributed by atoms with van der Waals surface area (Å²) in [6.07, 6.45) is 0. The summed E-state index contributed by atoms with van der Waals surface area (Å²) in [6, 6.07) is 5.89. The molecule has 0 bridgehead atoms. The zero-order chi connectivity index (χ0) is 13.4. The molecule has 6 heteroatoms. The number of nitrogen functional groups attached to an aromatic ring is 1. The van der Waals surface area contributed by atoms with Crippen LogP contribution in [-0.2, 0) is 6.54 Å². The van der Waals surface area contributed by atoms with E-state index < -0.39 is 0 Å². The monoisotopic (exact) mass is 274 g/mol. The van der Waals surface area contributed by atoms with E-state index in [0.29, 0.717) is 5.13 Å². The molecule has 5 nitrogen and oxygen atoms in total. The second-order valence-corrected chi connectivity index (χ2v) is 4.99. The predicted octanol–water partition coefficient (Wildman–Crippen LogP) is 2.77. The molecular weight excluding hydrogens is 260 g/mol. The molecular formula is C13H14N4OS. The Labute approximate surface area is 114 Å². The normalized spacial score (nSPS) is 11.1. The van der Waals surface area contributed by atoms with Gasteiger partial charge in [0.25, 0.3) is 0 Å². The van der Waals surface area contributed by atoms with Crippen LogP contribution in [0.2, 0.25) is 0 Å². The highest BCUT2D eigenvalue weighted by atomic mass is 32.1. The van der Waals surface area contributed by atoms with Gasteiger partial charge in [-0.3, -0.25) is 0 Å². The maximum absolute atomic E-state index is 5.70. The molecule has 0 aliphatic rings. The van der Waals surface area contributed by atoms with E-state index in [9.17, 15) is 0 Å². The number of hydrogen-bond donors (Lipinski definition) is 1. The van der Waals surface area contributed by atoms with Crippen molar-refractivity contribution in [1.82, 2.24) is 14.5 Å². The van der Waals surface area contributed by atoms with E-state index in [0.717, 1.165) is 34.8 Å². The zero-order valence-corrected chi connectivity index (χ0v) is 11.6. The number of methoxy groups -OCH3 is 1. The third kappa shape index (κ3) is 1.94. The lowest BCUT2D eigenvalue weighted by atomic mass is 10.3. The van der Waals surface area contributed by atoms with Gasteiger partial charge in [-0.05, 0) is 19.1 Å². The van der Waals surface area contributed by atoms with Gasteiger partial charge >= 0.3 is 0 Å². The second kappa shape index (κ2) is 4.55. The Morgan fingerprint density at radius 1 is 1.37 bits per heavy atom. The minimum Gasteiger partial charge on any atom is -0.497 e. The number of nitrogens with two attached hydrogens (primary N) is 1. The molecule has 2 N–H and O–H groups in total. The fourth-order valence-corrected chi connectivity index (χ4v) is 2.68. The number of aryl methyl sites for hydroxylation is 1. The van der Waals surface area contributed by atoms with E-state index in [2.05, 4.69) is 21.5 Å². The van der Waals surface area contributed by atoms with Gasteiger partial charge in [0.15, 0.2) is 11.0 Å². The van der Waals surface area contributed by atoms with E-state index in [-0.39, 0.29) is 0 Å². The Balaban J connectivity index is 2.24. The molecule has 2 heterocycles. The molecule has 3 aromatic rings. The Morgan fingerprint density at radius 3 is 2.84 bits per heavy atom. The van der Waals surface area contributed by atoms with Gasteiger partial charge in [-0.25, -0.2) is 9.97 Å². The number of benzene rings is 1. The highest BCUT2D eigenvalue weighted by Crippen LogP contribution is 2.28. The smallest absolute Gasteiger partial charge is 0.180 e. The molecule has 0 spiro atoms. The van der Waals surface area contributed by atoms with Gasteiger partial charge in [0, 0.05) is 18.0 Å². The Hall–Kier alpha value is -2.08. The number of anilines is 1. The summed E-state index contributed by atoms with van der Waals surface area (Å²) in [7, 11) is 1.65. The average molecular weight is 274 g/mol. The van der Waals surface area contributed by atoms with Crippen molar-refractivity contribution in [3.05, 3.63) is 23.6 Å². The summed E-state index contributed by atoms with van der Waals surface area (Å²) in [6.45, 7) is 2.92. The Bertz CT molecular complexity index is 731. The van der Waals surface area contributed by atoms with Crippen LogP contribution in [0.4, 0.5) is 5.13 Å². The van der Waals surface area contributed by atoms with Crippen LogP contribution >= 0.6 is 11.3 Å². The zero-order valence-electron chi connectivity index (χ0n) is 10.8. The molecule has 0 atom stereocenters. The minimum atomic E-state index is 0.558. The largest absolute Gasteiger partial charge is 0.497 e. The third-order valence-corrected chi connectivity index (χ3v) is 3.70. The van der Waals surface area contributed by atoms with Gasteiger partial charge in [-0.1, -0.05) is 0 Å². The van der Waals surface area contributed by atoms with Crippen molar-refractivity contribution in [3.8, 4) is 17.3 Å². The molecule has 2 aromatic heterocycles. The van der Waals surface area contributed by atoms with Crippen molar-refractivity contribution in [2.24, 2.45) is 0 Å². The van der Waals surface area contributed by atoms with Crippen molar-refractivity contribution in [3.63, 3.8) is 0 Å². The molecule has 3 rings (SSSR count). The fourth-order valence-electron chi connectivity index (χ4n) is 2.14. The van der Waals surface area contributed by atoms with Crippen molar-refractivity contribution >= 4 is 27.5 Å². The first-order valence-electron chi connectivity index (χ1n) is 5.98. The van der Waals surface area contributed by atoms with Crippen LogP contribution in [0, 0.1) is 0 Å². The number of ether oxygens (including phenoxy) is 1. The lowest BCUT2D eigenvalue weighted by molar-refractivity contribution is 0.415. The van der Waals surface area contributed by atoms with Crippen LogP contribution in [-0.4, -0.2) is 21.6 Å². The van der Waals surface area contributed by atoms with Crippen molar-refractivity contribution in [2.45, 2.75) is 13.5 Å². The molecule has 19 heavy (non-hydrogen) atoms. The van der Waals surface area contributed by atoms with E-state index in [1.807, 2.05) is 23.6 Å². The number of aromatic nitrogens is 3. The summed E-state index contributed by atoms with van der Waals surface area (Å²) in [4.78, 5) is 8.96. The molecule has 0 radical (unpaired) electrons. The summed E-state index contributed by atoms with van der Waals surface area (Å²) >= 11 is 1.42. The van der Waals surface area contributed by atoms with Crippen LogP contribution in [0.1, 0.15) is 6.92 Å². The number of thiazole rings is 1. The number of fused-ring (bicyclic) bond motifs is 1. The molecule has 0 saturated heterocycles. The van der Waals surface area contributed by atoms with Crippen molar-refractivity contribution < 1.29 is 4.74 Å². The van der Waals surface area contributed by atoms with E-state index in [4.69, 9.17) is 10.5 Å². The maximum atomic E-state index is 5.70. The Kier molecular flexibility index (Phi) is 2.87. The maximum Gasteiger partial charge on any atom is 0.180 e.